The molecule has 25 heavy (non-hydrogen) atoms. The van der Waals surface area contributed by atoms with Gasteiger partial charge in [-0.1, -0.05) is 30.7 Å². The van der Waals surface area contributed by atoms with Gasteiger partial charge in [-0.25, -0.2) is 15.0 Å². The first-order valence-corrected chi connectivity index (χ1v) is 8.85. The second-order valence-electron chi connectivity index (χ2n) is 6.21. The van der Waals surface area contributed by atoms with Crippen molar-refractivity contribution in [3.05, 3.63) is 66.0 Å². The molecule has 0 unspecified atom stereocenters. The molecule has 1 aromatic carbocycles. The molecule has 0 amide bonds. The van der Waals surface area contributed by atoms with Crippen LogP contribution in [0.25, 0.3) is 11.4 Å². The molecule has 3 aromatic rings. The highest BCUT2D eigenvalue weighted by molar-refractivity contribution is 5.55. The SMILES string of the molecule is CCc1nccn1CCCNCc1cnc(-c2cccc(C)c2)nc1. The van der Waals surface area contributed by atoms with Gasteiger partial charge in [0.15, 0.2) is 5.82 Å². The van der Waals surface area contributed by atoms with E-state index in [2.05, 4.69) is 57.0 Å². The molecule has 0 aliphatic heterocycles. The minimum atomic E-state index is 0.777. The summed E-state index contributed by atoms with van der Waals surface area (Å²) in [6.45, 7) is 6.96. The summed E-state index contributed by atoms with van der Waals surface area (Å²) >= 11 is 0. The van der Waals surface area contributed by atoms with Gasteiger partial charge in [-0.3, -0.25) is 0 Å². The molecule has 2 aromatic heterocycles. The van der Waals surface area contributed by atoms with Crippen molar-refractivity contribution in [1.29, 1.82) is 0 Å². The standard InChI is InChI=1S/C20H25N5/c1-3-19-22-9-11-25(19)10-5-8-21-13-17-14-23-20(24-15-17)18-7-4-6-16(2)12-18/h4,6-7,9,11-12,14-15,21H,3,5,8,10,13H2,1-2H3. The summed E-state index contributed by atoms with van der Waals surface area (Å²) in [5, 5.41) is 3.46. The van der Waals surface area contributed by atoms with Crippen molar-refractivity contribution in [2.45, 2.75) is 39.8 Å². The molecule has 0 spiro atoms. The molecule has 0 atom stereocenters. The first-order chi connectivity index (χ1) is 12.3. The van der Waals surface area contributed by atoms with Crippen LogP contribution in [0, 0.1) is 6.92 Å². The maximum atomic E-state index is 4.49. The lowest BCUT2D eigenvalue weighted by molar-refractivity contribution is 0.566. The Morgan fingerprint density at radius 3 is 2.72 bits per heavy atom. The maximum absolute atomic E-state index is 4.49. The van der Waals surface area contributed by atoms with Gasteiger partial charge in [0.2, 0.25) is 0 Å². The smallest absolute Gasteiger partial charge is 0.159 e. The van der Waals surface area contributed by atoms with E-state index < -0.39 is 0 Å². The maximum Gasteiger partial charge on any atom is 0.159 e. The molecule has 5 heteroatoms. The molecule has 0 fully saturated rings. The second kappa shape index (κ2) is 8.53. The fourth-order valence-electron chi connectivity index (χ4n) is 2.84. The van der Waals surface area contributed by atoms with E-state index in [0.717, 1.165) is 55.3 Å². The van der Waals surface area contributed by atoms with Crippen LogP contribution in [-0.2, 0) is 19.5 Å². The molecule has 2 heterocycles. The molecule has 0 aliphatic rings. The lowest BCUT2D eigenvalue weighted by Crippen LogP contribution is -2.17. The van der Waals surface area contributed by atoms with Gasteiger partial charge in [0.25, 0.3) is 0 Å². The Balaban J connectivity index is 1.44. The average Bonchev–Trinajstić information content (AvgIpc) is 3.09. The highest BCUT2D eigenvalue weighted by Crippen LogP contribution is 2.15. The van der Waals surface area contributed by atoms with Crippen molar-refractivity contribution < 1.29 is 0 Å². The fourth-order valence-corrected chi connectivity index (χ4v) is 2.84. The third-order valence-electron chi connectivity index (χ3n) is 4.18. The third-order valence-corrected chi connectivity index (χ3v) is 4.18. The van der Waals surface area contributed by atoms with Crippen molar-refractivity contribution in [3.8, 4) is 11.4 Å². The van der Waals surface area contributed by atoms with E-state index >= 15 is 0 Å². The van der Waals surface area contributed by atoms with Crippen LogP contribution in [0.15, 0.2) is 49.1 Å². The van der Waals surface area contributed by atoms with Crippen LogP contribution in [-0.4, -0.2) is 26.1 Å². The predicted octanol–water partition coefficient (Wildman–Crippen LogP) is 3.39. The van der Waals surface area contributed by atoms with Crippen LogP contribution in [0.3, 0.4) is 0 Å². The molecule has 0 bridgehead atoms. The van der Waals surface area contributed by atoms with Gasteiger partial charge in [-0.05, 0) is 26.0 Å². The number of imidazole rings is 1. The van der Waals surface area contributed by atoms with Crippen molar-refractivity contribution in [3.63, 3.8) is 0 Å². The number of nitrogens with zero attached hydrogens (tertiary/aromatic N) is 4. The van der Waals surface area contributed by atoms with E-state index in [0.29, 0.717) is 0 Å². The first-order valence-electron chi connectivity index (χ1n) is 8.85. The molecule has 0 radical (unpaired) electrons. The summed E-state index contributed by atoms with van der Waals surface area (Å²) in [7, 11) is 0. The Kier molecular flexibility index (Phi) is 5.90. The zero-order valence-electron chi connectivity index (χ0n) is 14.9. The highest BCUT2D eigenvalue weighted by atomic mass is 15.1. The number of aromatic nitrogens is 4. The lowest BCUT2D eigenvalue weighted by Gasteiger charge is -2.08. The summed E-state index contributed by atoms with van der Waals surface area (Å²) in [6.07, 6.45) is 9.79. The number of nitrogens with one attached hydrogen (secondary N) is 1. The quantitative estimate of drug-likeness (QED) is 0.641. The molecule has 0 saturated carbocycles. The van der Waals surface area contributed by atoms with Gasteiger partial charge in [0.05, 0.1) is 0 Å². The van der Waals surface area contributed by atoms with Gasteiger partial charge < -0.3 is 9.88 Å². The van der Waals surface area contributed by atoms with Crippen molar-refractivity contribution in [2.75, 3.05) is 6.54 Å². The zero-order chi connectivity index (χ0) is 17.5. The lowest BCUT2D eigenvalue weighted by atomic mass is 10.1. The third kappa shape index (κ3) is 4.73. The van der Waals surface area contributed by atoms with Gasteiger partial charge in [-0.2, -0.15) is 0 Å². The molecule has 1 N–H and O–H groups in total. The molecule has 130 valence electrons. The van der Waals surface area contributed by atoms with Crippen LogP contribution in [0.2, 0.25) is 0 Å². The van der Waals surface area contributed by atoms with E-state index in [1.54, 1.807) is 0 Å². The van der Waals surface area contributed by atoms with Crippen LogP contribution >= 0.6 is 0 Å². The van der Waals surface area contributed by atoms with Crippen molar-refractivity contribution in [2.24, 2.45) is 0 Å². The van der Waals surface area contributed by atoms with Crippen LogP contribution in [0.4, 0.5) is 0 Å². The van der Waals surface area contributed by atoms with Crippen LogP contribution in [0.1, 0.15) is 30.3 Å². The number of benzene rings is 1. The number of aryl methyl sites for hydroxylation is 3. The van der Waals surface area contributed by atoms with Crippen LogP contribution in [0.5, 0.6) is 0 Å². The molecule has 5 nitrogen and oxygen atoms in total. The average molecular weight is 335 g/mol. The molecule has 0 saturated heterocycles. The Morgan fingerprint density at radius 1 is 1.12 bits per heavy atom. The Hall–Kier alpha value is -2.53. The normalized spacial score (nSPS) is 11.0. The largest absolute Gasteiger partial charge is 0.335 e. The number of hydrogen-bond acceptors (Lipinski definition) is 4. The second-order valence-corrected chi connectivity index (χ2v) is 6.21. The van der Waals surface area contributed by atoms with Gasteiger partial charge in [0.1, 0.15) is 5.82 Å². The summed E-state index contributed by atoms with van der Waals surface area (Å²) in [5.41, 5.74) is 3.39. The molecule has 0 aliphatic carbocycles. The predicted molar refractivity (Wildman–Crippen MR) is 100 cm³/mol. The van der Waals surface area contributed by atoms with E-state index in [1.165, 1.54) is 5.56 Å². The molecular formula is C20H25N5. The monoisotopic (exact) mass is 335 g/mol. The minimum absolute atomic E-state index is 0.777. The van der Waals surface area contributed by atoms with Crippen LogP contribution < -0.4 is 5.32 Å². The van der Waals surface area contributed by atoms with E-state index in [4.69, 9.17) is 0 Å². The van der Waals surface area contributed by atoms with E-state index in [9.17, 15) is 0 Å². The topological polar surface area (TPSA) is 55.6 Å². The van der Waals surface area contributed by atoms with Gasteiger partial charge >= 0.3 is 0 Å². The first kappa shape index (κ1) is 17.3. The van der Waals surface area contributed by atoms with Gasteiger partial charge in [0, 0.05) is 55.4 Å². The summed E-state index contributed by atoms with van der Waals surface area (Å²) in [4.78, 5) is 13.3. The Bertz CT molecular complexity index is 792. The number of hydrogen-bond donors (Lipinski definition) is 1. The number of rotatable bonds is 8. The summed E-state index contributed by atoms with van der Waals surface area (Å²) in [6, 6.07) is 8.26. The minimum Gasteiger partial charge on any atom is -0.335 e. The van der Waals surface area contributed by atoms with Gasteiger partial charge in [-0.15, -0.1) is 0 Å². The highest BCUT2D eigenvalue weighted by Gasteiger charge is 2.02. The van der Waals surface area contributed by atoms with E-state index in [1.807, 2.05) is 30.7 Å². The van der Waals surface area contributed by atoms with E-state index in [-0.39, 0.29) is 0 Å². The fraction of sp³-hybridized carbons (Fsp3) is 0.350. The Morgan fingerprint density at radius 2 is 1.96 bits per heavy atom. The summed E-state index contributed by atoms with van der Waals surface area (Å²) < 4.78 is 2.22. The summed E-state index contributed by atoms with van der Waals surface area (Å²) in [5.74, 6) is 1.93. The Labute approximate surface area is 149 Å². The van der Waals surface area contributed by atoms with Crippen molar-refractivity contribution in [1.82, 2.24) is 24.8 Å². The molecular weight excluding hydrogens is 310 g/mol. The van der Waals surface area contributed by atoms with Crippen molar-refractivity contribution >= 4 is 0 Å². The zero-order valence-corrected chi connectivity index (χ0v) is 14.9. The molecule has 3 rings (SSSR count).